The molecule has 1 atom stereocenters. The van der Waals surface area contributed by atoms with Crippen LogP contribution in [0.2, 0.25) is 5.02 Å². The van der Waals surface area contributed by atoms with Gasteiger partial charge in [0.25, 0.3) is 0 Å². The van der Waals surface area contributed by atoms with Gasteiger partial charge in [-0.2, -0.15) is 0 Å². The number of rotatable bonds is 2. The van der Waals surface area contributed by atoms with E-state index in [1.807, 2.05) is 54.6 Å². The van der Waals surface area contributed by atoms with Gasteiger partial charge in [-0.25, -0.2) is 0 Å². The van der Waals surface area contributed by atoms with E-state index >= 15 is 0 Å². The van der Waals surface area contributed by atoms with Gasteiger partial charge < -0.3 is 5.73 Å². The molecule has 0 saturated heterocycles. The molecule has 2 nitrogen and oxygen atoms in total. The van der Waals surface area contributed by atoms with Crippen LogP contribution in [-0.4, -0.2) is 5.84 Å². The number of benzene rings is 3. The second kappa shape index (κ2) is 5.81. The van der Waals surface area contributed by atoms with Crippen molar-refractivity contribution in [1.82, 2.24) is 0 Å². The Morgan fingerprint density at radius 3 is 2.33 bits per heavy atom. The third-order valence-electron chi connectivity index (χ3n) is 4.60. The van der Waals surface area contributed by atoms with E-state index in [0.29, 0.717) is 10.9 Å². The SMILES string of the molecule is NC1=NC(c2ccccc2)(c2cccc(Cl)c2)Cc2ccccc21. The zero-order chi connectivity index (χ0) is 16.6. The molecule has 3 aromatic carbocycles. The quantitative estimate of drug-likeness (QED) is 0.734. The summed E-state index contributed by atoms with van der Waals surface area (Å²) in [5.41, 5.74) is 10.2. The van der Waals surface area contributed by atoms with Gasteiger partial charge in [-0.3, -0.25) is 4.99 Å². The first-order valence-corrected chi connectivity index (χ1v) is 8.32. The smallest absolute Gasteiger partial charge is 0.127 e. The van der Waals surface area contributed by atoms with Gasteiger partial charge in [0, 0.05) is 17.0 Å². The van der Waals surface area contributed by atoms with Gasteiger partial charge in [-0.05, 0) is 28.8 Å². The van der Waals surface area contributed by atoms with Crippen molar-refractivity contribution in [3.8, 4) is 0 Å². The molecule has 1 aliphatic rings. The molecule has 2 N–H and O–H groups in total. The van der Waals surface area contributed by atoms with E-state index < -0.39 is 5.54 Å². The van der Waals surface area contributed by atoms with E-state index in [9.17, 15) is 0 Å². The third kappa shape index (κ3) is 2.40. The van der Waals surface area contributed by atoms with E-state index in [1.165, 1.54) is 5.56 Å². The summed E-state index contributed by atoms with van der Waals surface area (Å²) in [7, 11) is 0. The van der Waals surface area contributed by atoms with Crippen LogP contribution < -0.4 is 5.73 Å². The molecule has 1 heterocycles. The van der Waals surface area contributed by atoms with E-state index in [2.05, 4.69) is 24.3 Å². The van der Waals surface area contributed by atoms with E-state index in [-0.39, 0.29) is 0 Å². The molecular weight excluding hydrogens is 316 g/mol. The number of halogens is 1. The van der Waals surface area contributed by atoms with Gasteiger partial charge in [0.2, 0.25) is 0 Å². The number of amidine groups is 1. The average Bonchev–Trinajstić information content (AvgIpc) is 2.62. The summed E-state index contributed by atoms with van der Waals surface area (Å²) >= 11 is 6.27. The van der Waals surface area contributed by atoms with Crippen LogP contribution in [0.1, 0.15) is 22.3 Å². The van der Waals surface area contributed by atoms with Crippen molar-refractivity contribution in [2.45, 2.75) is 12.0 Å². The number of nitrogens with two attached hydrogens (primary N) is 1. The highest BCUT2D eigenvalue weighted by atomic mass is 35.5. The molecule has 0 radical (unpaired) electrons. The molecule has 0 bridgehead atoms. The molecule has 0 aromatic heterocycles. The predicted octanol–water partition coefficient (Wildman–Crippen LogP) is 4.55. The number of aliphatic imine (C=N–C) groups is 1. The van der Waals surface area contributed by atoms with Crippen molar-refractivity contribution in [2.75, 3.05) is 0 Å². The van der Waals surface area contributed by atoms with Crippen LogP contribution in [-0.2, 0) is 12.0 Å². The first kappa shape index (κ1) is 15.0. The minimum absolute atomic E-state index is 0.551. The summed E-state index contributed by atoms with van der Waals surface area (Å²) in [6.07, 6.45) is 0.758. The van der Waals surface area contributed by atoms with Crippen LogP contribution in [0.3, 0.4) is 0 Å². The molecule has 3 heteroatoms. The lowest BCUT2D eigenvalue weighted by Crippen LogP contribution is -2.36. The van der Waals surface area contributed by atoms with Crippen LogP contribution in [0.4, 0.5) is 0 Å². The first-order chi connectivity index (χ1) is 11.7. The van der Waals surface area contributed by atoms with E-state index in [1.54, 1.807) is 0 Å². The second-order valence-corrected chi connectivity index (χ2v) is 6.50. The molecule has 0 spiro atoms. The Labute approximate surface area is 146 Å². The number of hydrogen-bond acceptors (Lipinski definition) is 2. The summed E-state index contributed by atoms with van der Waals surface area (Å²) in [5, 5.41) is 0.704. The maximum Gasteiger partial charge on any atom is 0.127 e. The Bertz CT molecular complexity index is 918. The highest BCUT2D eigenvalue weighted by molar-refractivity contribution is 6.30. The molecule has 3 aromatic rings. The van der Waals surface area contributed by atoms with Crippen molar-refractivity contribution in [3.05, 3.63) is 106 Å². The van der Waals surface area contributed by atoms with Gasteiger partial charge in [-0.1, -0.05) is 78.3 Å². The standard InChI is InChI=1S/C21H17ClN2/c22-18-11-6-10-17(13-18)21(16-8-2-1-3-9-16)14-15-7-4-5-12-19(15)20(23)24-21/h1-13H,14H2,(H2,23,24). The van der Waals surface area contributed by atoms with Crippen molar-refractivity contribution < 1.29 is 0 Å². The van der Waals surface area contributed by atoms with Crippen LogP contribution in [0.5, 0.6) is 0 Å². The summed E-state index contributed by atoms with van der Waals surface area (Å²) in [6.45, 7) is 0. The summed E-state index contributed by atoms with van der Waals surface area (Å²) < 4.78 is 0. The zero-order valence-corrected chi connectivity index (χ0v) is 13.9. The lowest BCUT2D eigenvalue weighted by atomic mass is 9.76. The normalized spacial score (nSPS) is 19.5. The maximum absolute atomic E-state index is 6.35. The largest absolute Gasteiger partial charge is 0.383 e. The van der Waals surface area contributed by atoms with Crippen molar-refractivity contribution in [2.24, 2.45) is 10.7 Å². The fraction of sp³-hybridized carbons (Fsp3) is 0.0952. The molecule has 0 amide bonds. The van der Waals surface area contributed by atoms with Crippen LogP contribution in [0.15, 0.2) is 83.9 Å². The summed E-state index contributed by atoms with van der Waals surface area (Å²) in [6, 6.07) is 26.4. The minimum Gasteiger partial charge on any atom is -0.383 e. The molecule has 0 fully saturated rings. The molecule has 118 valence electrons. The lowest BCUT2D eigenvalue weighted by Gasteiger charge is -2.36. The van der Waals surface area contributed by atoms with Crippen LogP contribution >= 0.6 is 11.6 Å². The molecule has 0 aliphatic carbocycles. The maximum atomic E-state index is 6.35. The number of nitrogens with zero attached hydrogens (tertiary/aromatic N) is 1. The Morgan fingerprint density at radius 1 is 0.833 bits per heavy atom. The van der Waals surface area contributed by atoms with E-state index in [4.69, 9.17) is 22.3 Å². The average molecular weight is 333 g/mol. The molecule has 4 rings (SSSR count). The van der Waals surface area contributed by atoms with Gasteiger partial charge >= 0.3 is 0 Å². The molecule has 1 aliphatic heterocycles. The minimum atomic E-state index is -0.551. The zero-order valence-electron chi connectivity index (χ0n) is 13.1. The highest BCUT2D eigenvalue weighted by Crippen LogP contribution is 2.41. The van der Waals surface area contributed by atoms with Gasteiger partial charge in [0.15, 0.2) is 0 Å². The fourth-order valence-electron chi connectivity index (χ4n) is 3.46. The fourth-order valence-corrected chi connectivity index (χ4v) is 3.66. The lowest BCUT2D eigenvalue weighted by molar-refractivity contribution is 0.530. The molecule has 1 unspecified atom stereocenters. The van der Waals surface area contributed by atoms with Crippen molar-refractivity contribution >= 4 is 17.4 Å². The Kier molecular flexibility index (Phi) is 3.62. The highest BCUT2D eigenvalue weighted by Gasteiger charge is 2.38. The van der Waals surface area contributed by atoms with Gasteiger partial charge in [0.1, 0.15) is 11.4 Å². The molecular formula is C21H17ClN2. The second-order valence-electron chi connectivity index (χ2n) is 6.07. The van der Waals surface area contributed by atoms with Crippen LogP contribution in [0, 0.1) is 0 Å². The topological polar surface area (TPSA) is 38.4 Å². The van der Waals surface area contributed by atoms with Crippen molar-refractivity contribution in [3.63, 3.8) is 0 Å². The van der Waals surface area contributed by atoms with Gasteiger partial charge in [-0.15, -0.1) is 0 Å². The first-order valence-electron chi connectivity index (χ1n) is 7.94. The number of hydrogen-bond donors (Lipinski definition) is 1. The molecule has 24 heavy (non-hydrogen) atoms. The van der Waals surface area contributed by atoms with Gasteiger partial charge in [0.05, 0.1) is 0 Å². The Morgan fingerprint density at radius 2 is 1.54 bits per heavy atom. The summed E-state index contributed by atoms with van der Waals surface area (Å²) in [5.74, 6) is 0.570. The molecule has 0 saturated carbocycles. The monoisotopic (exact) mass is 332 g/mol. The number of fused-ring (bicyclic) bond motifs is 1. The third-order valence-corrected chi connectivity index (χ3v) is 4.84. The Hall–Kier alpha value is -2.58. The van der Waals surface area contributed by atoms with Crippen LogP contribution in [0.25, 0.3) is 0 Å². The predicted molar refractivity (Wildman–Crippen MR) is 99.5 cm³/mol. The summed E-state index contributed by atoms with van der Waals surface area (Å²) in [4.78, 5) is 4.97. The Balaban J connectivity index is 1.99. The van der Waals surface area contributed by atoms with Crippen molar-refractivity contribution in [1.29, 1.82) is 0 Å². The van der Waals surface area contributed by atoms with E-state index in [0.717, 1.165) is 23.1 Å².